The van der Waals surface area contributed by atoms with Gasteiger partial charge in [0.1, 0.15) is 11.6 Å². The summed E-state index contributed by atoms with van der Waals surface area (Å²) in [6.07, 6.45) is 0. The number of aromatic nitrogens is 2. The molecule has 1 aromatic heterocycles. The maximum atomic E-state index is 13.6. The highest BCUT2D eigenvalue weighted by atomic mass is 19.1. The van der Waals surface area contributed by atoms with Crippen LogP contribution in [0.1, 0.15) is 34.7 Å². The van der Waals surface area contributed by atoms with E-state index in [2.05, 4.69) is 4.90 Å². The van der Waals surface area contributed by atoms with E-state index in [1.54, 1.807) is 22.8 Å². The van der Waals surface area contributed by atoms with Crippen molar-refractivity contribution in [3.63, 3.8) is 0 Å². The van der Waals surface area contributed by atoms with Crippen LogP contribution in [0.3, 0.4) is 0 Å². The quantitative estimate of drug-likeness (QED) is 0.445. The van der Waals surface area contributed by atoms with E-state index in [0.29, 0.717) is 48.6 Å². The van der Waals surface area contributed by atoms with Crippen LogP contribution in [0.5, 0.6) is 0 Å². The average Bonchev–Trinajstić information content (AvgIpc) is 2.89. The number of halogens is 1. The molecular weight excluding hydrogens is 443 g/mol. The summed E-state index contributed by atoms with van der Waals surface area (Å²) >= 11 is 0. The molecule has 2 heterocycles. The van der Waals surface area contributed by atoms with Crippen LogP contribution in [0.15, 0.2) is 77.6 Å². The number of hydrogen-bond acceptors (Lipinski definition) is 4. The molecule has 0 aliphatic carbocycles. The monoisotopic (exact) mass is 470 g/mol. The maximum absolute atomic E-state index is 13.6. The number of amides is 1. The zero-order valence-electron chi connectivity index (χ0n) is 19.8. The van der Waals surface area contributed by atoms with Crippen LogP contribution in [0.4, 0.5) is 4.39 Å². The first-order valence-electron chi connectivity index (χ1n) is 11.8. The molecule has 3 aromatic carbocycles. The second-order valence-electron chi connectivity index (χ2n) is 8.92. The van der Waals surface area contributed by atoms with E-state index in [1.165, 1.54) is 12.1 Å². The first kappa shape index (κ1) is 22.9. The third-order valence-electron chi connectivity index (χ3n) is 6.78. The first-order chi connectivity index (χ1) is 16.9. The Balaban J connectivity index is 1.45. The predicted molar refractivity (Wildman–Crippen MR) is 134 cm³/mol. The zero-order valence-corrected chi connectivity index (χ0v) is 19.8. The lowest BCUT2D eigenvalue weighted by Gasteiger charge is -2.38. The lowest BCUT2D eigenvalue weighted by atomic mass is 10.1. The Morgan fingerprint density at radius 2 is 1.57 bits per heavy atom. The van der Waals surface area contributed by atoms with Crippen molar-refractivity contribution in [2.75, 3.05) is 26.2 Å². The summed E-state index contributed by atoms with van der Waals surface area (Å²) < 4.78 is 15.2. The second kappa shape index (κ2) is 9.43. The Kier molecular flexibility index (Phi) is 6.17. The fourth-order valence-electron chi connectivity index (χ4n) is 4.73. The van der Waals surface area contributed by atoms with Gasteiger partial charge in [0.05, 0.1) is 22.6 Å². The molecule has 0 N–H and O–H groups in total. The molecule has 5 rings (SSSR count). The number of rotatable bonds is 4. The molecule has 1 aliphatic heterocycles. The molecule has 1 fully saturated rings. The molecule has 7 heteroatoms. The van der Waals surface area contributed by atoms with Gasteiger partial charge in [0.2, 0.25) is 0 Å². The van der Waals surface area contributed by atoms with Crippen LogP contribution in [-0.2, 0) is 0 Å². The molecule has 4 aromatic rings. The number of carbonyl (C=O) groups excluding carboxylic acids is 1. The van der Waals surface area contributed by atoms with E-state index < -0.39 is 0 Å². The van der Waals surface area contributed by atoms with Crippen molar-refractivity contribution in [1.29, 1.82) is 0 Å². The molecule has 35 heavy (non-hydrogen) atoms. The molecular formula is C28H27FN4O2. The summed E-state index contributed by atoms with van der Waals surface area (Å²) in [5, 5.41) is 0.515. The summed E-state index contributed by atoms with van der Waals surface area (Å²) in [7, 11) is 0. The van der Waals surface area contributed by atoms with E-state index in [0.717, 1.165) is 11.1 Å². The van der Waals surface area contributed by atoms with Gasteiger partial charge in [0.15, 0.2) is 0 Å². The number of nitrogens with zero attached hydrogens (tertiary/aromatic N) is 4. The third-order valence-corrected chi connectivity index (χ3v) is 6.78. The summed E-state index contributed by atoms with van der Waals surface area (Å²) in [5.74, 6) is 0.279. The van der Waals surface area contributed by atoms with Gasteiger partial charge >= 0.3 is 0 Å². The van der Waals surface area contributed by atoms with E-state index in [9.17, 15) is 14.0 Å². The van der Waals surface area contributed by atoms with Crippen molar-refractivity contribution < 1.29 is 9.18 Å². The molecule has 1 saturated heterocycles. The van der Waals surface area contributed by atoms with Gasteiger partial charge in [-0.15, -0.1) is 0 Å². The molecule has 0 spiro atoms. The van der Waals surface area contributed by atoms with Gasteiger partial charge in [-0.05, 0) is 61.9 Å². The van der Waals surface area contributed by atoms with Crippen LogP contribution < -0.4 is 5.56 Å². The Morgan fingerprint density at radius 3 is 2.29 bits per heavy atom. The van der Waals surface area contributed by atoms with E-state index >= 15 is 0 Å². The molecule has 1 atom stereocenters. The number of benzene rings is 3. The van der Waals surface area contributed by atoms with Gasteiger partial charge in [0, 0.05) is 31.7 Å². The fraction of sp³-hybridized carbons (Fsp3) is 0.250. The van der Waals surface area contributed by atoms with Crippen molar-refractivity contribution in [2.45, 2.75) is 19.9 Å². The summed E-state index contributed by atoms with van der Waals surface area (Å²) in [6, 6.07) is 20.6. The molecule has 1 aliphatic rings. The molecule has 0 saturated carbocycles. The highest BCUT2D eigenvalue weighted by Crippen LogP contribution is 2.24. The van der Waals surface area contributed by atoms with Gasteiger partial charge in [-0.3, -0.25) is 19.1 Å². The molecule has 178 valence electrons. The van der Waals surface area contributed by atoms with Crippen molar-refractivity contribution in [3.05, 3.63) is 106 Å². The van der Waals surface area contributed by atoms with Crippen LogP contribution in [0.2, 0.25) is 0 Å². The van der Waals surface area contributed by atoms with Crippen molar-refractivity contribution in [1.82, 2.24) is 19.4 Å². The SMILES string of the molecule is Cc1ccccc1C(=O)N1CCN(C(C)c2nc3ccccc3c(=O)n2-c2ccc(F)cc2)CC1. The minimum atomic E-state index is -0.361. The van der Waals surface area contributed by atoms with Gasteiger partial charge in [-0.1, -0.05) is 30.3 Å². The van der Waals surface area contributed by atoms with Gasteiger partial charge < -0.3 is 4.90 Å². The molecule has 6 nitrogen and oxygen atoms in total. The largest absolute Gasteiger partial charge is 0.336 e. The summed E-state index contributed by atoms with van der Waals surface area (Å²) in [6.45, 7) is 6.47. The van der Waals surface area contributed by atoms with Crippen molar-refractivity contribution >= 4 is 16.8 Å². The normalized spacial score (nSPS) is 15.3. The van der Waals surface area contributed by atoms with E-state index in [4.69, 9.17) is 4.98 Å². The second-order valence-corrected chi connectivity index (χ2v) is 8.92. The minimum absolute atomic E-state index is 0.0439. The third kappa shape index (κ3) is 4.35. The molecule has 0 radical (unpaired) electrons. The van der Waals surface area contributed by atoms with Gasteiger partial charge in [0.25, 0.3) is 11.5 Å². The highest BCUT2D eigenvalue weighted by Gasteiger charge is 2.29. The van der Waals surface area contributed by atoms with E-state index in [-0.39, 0.29) is 23.3 Å². The topological polar surface area (TPSA) is 58.4 Å². The lowest BCUT2D eigenvalue weighted by molar-refractivity contribution is 0.0572. The number of piperazine rings is 1. The number of carbonyl (C=O) groups is 1. The first-order valence-corrected chi connectivity index (χ1v) is 11.8. The minimum Gasteiger partial charge on any atom is -0.336 e. The number of fused-ring (bicyclic) bond motifs is 1. The Bertz CT molecular complexity index is 1440. The summed E-state index contributed by atoms with van der Waals surface area (Å²) in [5.41, 5.74) is 2.72. The van der Waals surface area contributed by atoms with Gasteiger partial charge in [-0.25, -0.2) is 9.37 Å². The Labute approximate surface area is 203 Å². The van der Waals surface area contributed by atoms with Crippen LogP contribution in [0.25, 0.3) is 16.6 Å². The highest BCUT2D eigenvalue weighted by molar-refractivity contribution is 5.95. The van der Waals surface area contributed by atoms with Gasteiger partial charge in [-0.2, -0.15) is 0 Å². The molecule has 1 amide bonds. The number of aryl methyl sites for hydroxylation is 1. The lowest BCUT2D eigenvalue weighted by Crippen LogP contribution is -2.50. The average molecular weight is 471 g/mol. The number of hydrogen-bond donors (Lipinski definition) is 0. The predicted octanol–water partition coefficient (Wildman–Crippen LogP) is 4.35. The van der Waals surface area contributed by atoms with E-state index in [1.807, 2.05) is 61.2 Å². The fourth-order valence-corrected chi connectivity index (χ4v) is 4.73. The zero-order chi connectivity index (χ0) is 24.5. The van der Waals surface area contributed by atoms with Crippen molar-refractivity contribution in [2.24, 2.45) is 0 Å². The van der Waals surface area contributed by atoms with Crippen LogP contribution in [-0.4, -0.2) is 51.4 Å². The Morgan fingerprint density at radius 1 is 0.914 bits per heavy atom. The number of para-hydroxylation sites is 1. The summed E-state index contributed by atoms with van der Waals surface area (Å²) in [4.78, 5) is 35.5. The maximum Gasteiger partial charge on any atom is 0.266 e. The molecule has 0 bridgehead atoms. The molecule has 1 unspecified atom stereocenters. The van der Waals surface area contributed by atoms with Crippen molar-refractivity contribution in [3.8, 4) is 5.69 Å². The standard InChI is InChI=1S/C28H27FN4O2/c1-19-7-3-4-8-23(19)27(34)32-17-15-31(16-18-32)20(2)26-30-25-10-6-5-9-24(25)28(35)33(26)22-13-11-21(29)12-14-22/h3-14,20H,15-18H2,1-2H3. The Hall–Kier alpha value is -3.84. The smallest absolute Gasteiger partial charge is 0.266 e. The van der Waals surface area contributed by atoms with Crippen LogP contribution in [0, 0.1) is 12.7 Å². The van der Waals surface area contributed by atoms with Crippen LogP contribution >= 0.6 is 0 Å².